The molecule has 1 N–H and O–H groups in total. The molecule has 0 spiro atoms. The van der Waals surface area contributed by atoms with Crippen molar-refractivity contribution in [2.45, 2.75) is 44.7 Å². The monoisotopic (exact) mass is 298 g/mol. The molecule has 5 heteroatoms. The number of anilines is 1. The third-order valence-corrected chi connectivity index (χ3v) is 4.81. The lowest BCUT2D eigenvalue weighted by Gasteiger charge is -2.28. The highest BCUT2D eigenvalue weighted by molar-refractivity contribution is 5.47. The van der Waals surface area contributed by atoms with Gasteiger partial charge in [-0.15, -0.1) is 0 Å². The Morgan fingerprint density at radius 3 is 2.91 bits per heavy atom. The quantitative estimate of drug-likeness (QED) is 0.940. The lowest BCUT2D eigenvalue weighted by Crippen LogP contribution is -2.28. The Labute approximate surface area is 130 Å². The van der Waals surface area contributed by atoms with Gasteiger partial charge in [0.15, 0.2) is 0 Å². The van der Waals surface area contributed by atoms with Gasteiger partial charge >= 0.3 is 0 Å². The van der Waals surface area contributed by atoms with E-state index in [1.807, 2.05) is 12.3 Å². The molecule has 22 heavy (non-hydrogen) atoms. The molecular formula is C17H22N4O. The van der Waals surface area contributed by atoms with Gasteiger partial charge in [0, 0.05) is 43.2 Å². The molecule has 0 atom stereocenters. The summed E-state index contributed by atoms with van der Waals surface area (Å²) in [6, 6.07) is 2.66. The van der Waals surface area contributed by atoms with Crippen molar-refractivity contribution in [3.8, 4) is 0 Å². The first-order valence-corrected chi connectivity index (χ1v) is 8.21. The summed E-state index contributed by atoms with van der Waals surface area (Å²) in [6.45, 7) is 3.03. The smallest absolute Gasteiger partial charge is 0.133 e. The normalized spacial score (nSPS) is 19.3. The van der Waals surface area contributed by atoms with Gasteiger partial charge in [-0.05, 0) is 31.7 Å². The fourth-order valence-corrected chi connectivity index (χ4v) is 3.24. The number of fused-ring (bicyclic) bond motifs is 1. The topological polar surface area (TPSA) is 54.2 Å². The minimum Gasteiger partial charge on any atom is -0.472 e. The van der Waals surface area contributed by atoms with E-state index in [0.29, 0.717) is 6.04 Å². The highest BCUT2D eigenvalue weighted by Crippen LogP contribution is 2.26. The molecule has 2 aliphatic rings. The SMILES string of the molecule is c1nc2c(c(NC3CCC3)n1)CCN(Cc1ccoc1)CC2. The first-order chi connectivity index (χ1) is 10.9. The molecule has 1 saturated carbocycles. The average molecular weight is 298 g/mol. The minimum atomic E-state index is 0.615. The Morgan fingerprint density at radius 2 is 2.14 bits per heavy atom. The summed E-state index contributed by atoms with van der Waals surface area (Å²) in [5, 5.41) is 3.61. The number of nitrogens with zero attached hydrogens (tertiary/aromatic N) is 3. The number of hydrogen-bond donors (Lipinski definition) is 1. The van der Waals surface area contributed by atoms with Crippen LogP contribution in [0.4, 0.5) is 5.82 Å². The van der Waals surface area contributed by atoms with Crippen LogP contribution in [-0.2, 0) is 19.4 Å². The maximum Gasteiger partial charge on any atom is 0.133 e. The molecule has 0 unspecified atom stereocenters. The summed E-state index contributed by atoms with van der Waals surface area (Å²) in [6.07, 6.45) is 11.2. The van der Waals surface area contributed by atoms with E-state index in [4.69, 9.17) is 4.42 Å². The van der Waals surface area contributed by atoms with Crippen LogP contribution < -0.4 is 5.32 Å². The molecule has 0 aromatic carbocycles. The van der Waals surface area contributed by atoms with Crippen molar-refractivity contribution in [1.29, 1.82) is 0 Å². The first kappa shape index (κ1) is 13.8. The summed E-state index contributed by atoms with van der Waals surface area (Å²) in [4.78, 5) is 11.5. The van der Waals surface area contributed by atoms with Gasteiger partial charge in [-0.2, -0.15) is 0 Å². The number of nitrogens with one attached hydrogen (secondary N) is 1. The maximum atomic E-state index is 5.17. The number of aromatic nitrogens is 2. The average Bonchev–Trinajstić information content (AvgIpc) is 2.90. The molecule has 3 heterocycles. The van der Waals surface area contributed by atoms with Gasteiger partial charge in [0.2, 0.25) is 0 Å². The molecular weight excluding hydrogens is 276 g/mol. The third-order valence-electron chi connectivity index (χ3n) is 4.81. The number of furan rings is 1. The second kappa shape index (κ2) is 6.08. The van der Waals surface area contributed by atoms with Crippen molar-refractivity contribution < 1.29 is 4.42 Å². The maximum absolute atomic E-state index is 5.17. The molecule has 1 fully saturated rings. The standard InChI is InChI=1S/C17H22N4O/c1-2-14(3-1)20-17-15-4-7-21(10-13-6-9-22-11-13)8-5-16(15)18-12-19-17/h6,9,11-12,14H,1-5,7-8,10H2,(H,18,19,20). The lowest BCUT2D eigenvalue weighted by molar-refractivity contribution is 0.278. The van der Waals surface area contributed by atoms with Gasteiger partial charge in [-0.25, -0.2) is 9.97 Å². The molecule has 4 rings (SSSR count). The van der Waals surface area contributed by atoms with Crippen LogP contribution in [0, 0.1) is 0 Å². The second-order valence-electron chi connectivity index (χ2n) is 6.33. The Morgan fingerprint density at radius 1 is 1.23 bits per heavy atom. The Balaban J connectivity index is 1.47. The third kappa shape index (κ3) is 2.86. The molecule has 5 nitrogen and oxygen atoms in total. The van der Waals surface area contributed by atoms with E-state index in [-0.39, 0.29) is 0 Å². The summed E-state index contributed by atoms with van der Waals surface area (Å²) in [5.74, 6) is 1.07. The van der Waals surface area contributed by atoms with Gasteiger partial charge in [0.25, 0.3) is 0 Å². The van der Waals surface area contributed by atoms with Gasteiger partial charge in [-0.1, -0.05) is 0 Å². The van der Waals surface area contributed by atoms with Gasteiger partial charge < -0.3 is 9.73 Å². The van der Waals surface area contributed by atoms with Crippen LogP contribution >= 0.6 is 0 Å². The molecule has 1 aliphatic carbocycles. The Hall–Kier alpha value is -1.88. The predicted molar refractivity (Wildman–Crippen MR) is 84.7 cm³/mol. The molecule has 0 bridgehead atoms. The van der Waals surface area contributed by atoms with Crippen molar-refractivity contribution in [1.82, 2.24) is 14.9 Å². The molecule has 0 radical (unpaired) electrons. The van der Waals surface area contributed by atoms with Crippen molar-refractivity contribution in [2.24, 2.45) is 0 Å². The largest absolute Gasteiger partial charge is 0.472 e. The van der Waals surface area contributed by atoms with Gasteiger partial charge in [-0.3, -0.25) is 4.90 Å². The molecule has 2 aromatic heterocycles. The van der Waals surface area contributed by atoms with Crippen LogP contribution in [0.3, 0.4) is 0 Å². The van der Waals surface area contributed by atoms with Crippen LogP contribution in [0.15, 0.2) is 29.3 Å². The molecule has 0 saturated heterocycles. The summed E-state index contributed by atoms with van der Waals surface area (Å²) < 4.78 is 5.17. The van der Waals surface area contributed by atoms with E-state index in [1.165, 1.54) is 36.1 Å². The van der Waals surface area contributed by atoms with E-state index >= 15 is 0 Å². The first-order valence-electron chi connectivity index (χ1n) is 8.21. The fraction of sp³-hybridized carbons (Fsp3) is 0.529. The molecule has 116 valence electrons. The summed E-state index contributed by atoms with van der Waals surface area (Å²) in [7, 11) is 0. The highest BCUT2D eigenvalue weighted by Gasteiger charge is 2.22. The van der Waals surface area contributed by atoms with Crippen LogP contribution in [0.1, 0.15) is 36.1 Å². The van der Waals surface area contributed by atoms with E-state index in [2.05, 4.69) is 20.2 Å². The van der Waals surface area contributed by atoms with Crippen LogP contribution in [0.25, 0.3) is 0 Å². The van der Waals surface area contributed by atoms with E-state index in [0.717, 1.165) is 38.3 Å². The van der Waals surface area contributed by atoms with Gasteiger partial charge in [0.1, 0.15) is 12.1 Å². The molecule has 1 aliphatic heterocycles. The number of hydrogen-bond acceptors (Lipinski definition) is 5. The zero-order chi connectivity index (χ0) is 14.8. The number of rotatable bonds is 4. The molecule has 2 aromatic rings. The Kier molecular flexibility index (Phi) is 3.81. The van der Waals surface area contributed by atoms with E-state index < -0.39 is 0 Å². The zero-order valence-electron chi connectivity index (χ0n) is 12.8. The second-order valence-corrected chi connectivity index (χ2v) is 6.33. The molecule has 0 amide bonds. The minimum absolute atomic E-state index is 0.615. The van der Waals surface area contributed by atoms with Crippen LogP contribution in [0.5, 0.6) is 0 Å². The predicted octanol–water partition coefficient (Wildman–Crippen LogP) is 2.63. The van der Waals surface area contributed by atoms with Crippen molar-refractivity contribution in [3.05, 3.63) is 41.7 Å². The lowest BCUT2D eigenvalue weighted by atomic mass is 9.93. The van der Waals surface area contributed by atoms with Gasteiger partial charge in [0.05, 0.1) is 18.2 Å². The van der Waals surface area contributed by atoms with Crippen molar-refractivity contribution in [2.75, 3.05) is 18.4 Å². The highest BCUT2D eigenvalue weighted by atomic mass is 16.3. The van der Waals surface area contributed by atoms with Crippen LogP contribution in [0.2, 0.25) is 0 Å². The van der Waals surface area contributed by atoms with E-state index in [1.54, 1.807) is 12.6 Å². The van der Waals surface area contributed by atoms with Crippen LogP contribution in [-0.4, -0.2) is 34.0 Å². The van der Waals surface area contributed by atoms with Crippen molar-refractivity contribution in [3.63, 3.8) is 0 Å². The summed E-state index contributed by atoms with van der Waals surface area (Å²) >= 11 is 0. The summed E-state index contributed by atoms with van der Waals surface area (Å²) in [5.41, 5.74) is 3.78. The van der Waals surface area contributed by atoms with Crippen molar-refractivity contribution >= 4 is 5.82 Å². The van der Waals surface area contributed by atoms with E-state index in [9.17, 15) is 0 Å². The Bertz CT molecular complexity index is 622. The fourth-order valence-electron chi connectivity index (χ4n) is 3.24. The zero-order valence-corrected chi connectivity index (χ0v) is 12.8.